The quantitative estimate of drug-likeness (QED) is 0.625. The van der Waals surface area contributed by atoms with Gasteiger partial charge in [-0.1, -0.05) is 18.2 Å². The van der Waals surface area contributed by atoms with E-state index in [-0.39, 0.29) is 23.8 Å². The topological polar surface area (TPSA) is 93.7 Å². The van der Waals surface area contributed by atoms with Crippen LogP contribution in [-0.4, -0.2) is 37.5 Å². The molecule has 0 spiro atoms. The average Bonchev–Trinajstić information content (AvgIpc) is 2.67. The van der Waals surface area contributed by atoms with E-state index in [0.717, 1.165) is 5.56 Å². The lowest BCUT2D eigenvalue weighted by molar-refractivity contribution is -0.124. The summed E-state index contributed by atoms with van der Waals surface area (Å²) in [5.74, 6) is -1.38. The Bertz CT molecular complexity index is 856. The summed E-state index contributed by atoms with van der Waals surface area (Å²) >= 11 is 0. The number of amides is 2. The smallest absolute Gasteiger partial charge is 0.387 e. The van der Waals surface area contributed by atoms with Gasteiger partial charge < -0.3 is 20.1 Å². The number of benzene rings is 2. The van der Waals surface area contributed by atoms with Crippen molar-refractivity contribution in [3.05, 3.63) is 59.7 Å². The molecule has 0 unspecified atom stereocenters. The molecule has 154 valence electrons. The second-order valence-electron chi connectivity index (χ2n) is 5.96. The molecule has 0 bridgehead atoms. The molecule has 0 aliphatic heterocycles. The predicted molar refractivity (Wildman–Crippen MR) is 101 cm³/mol. The Morgan fingerprint density at radius 2 is 1.79 bits per heavy atom. The molecule has 2 N–H and O–H groups in total. The van der Waals surface area contributed by atoms with Crippen molar-refractivity contribution in [2.45, 2.75) is 20.0 Å². The van der Waals surface area contributed by atoms with Gasteiger partial charge in [0.1, 0.15) is 5.75 Å². The van der Waals surface area contributed by atoms with Gasteiger partial charge in [-0.15, -0.1) is 0 Å². The Morgan fingerprint density at radius 3 is 2.45 bits per heavy atom. The molecule has 2 aromatic carbocycles. The Kier molecular flexibility index (Phi) is 8.08. The van der Waals surface area contributed by atoms with Crippen LogP contribution in [0.2, 0.25) is 0 Å². The molecule has 0 saturated carbocycles. The fourth-order valence-electron chi connectivity index (χ4n) is 2.38. The number of rotatable bonds is 9. The van der Waals surface area contributed by atoms with E-state index in [1.165, 1.54) is 31.2 Å². The van der Waals surface area contributed by atoms with Gasteiger partial charge >= 0.3 is 12.6 Å². The minimum absolute atomic E-state index is 0.0577. The Labute approximate surface area is 166 Å². The normalized spacial score (nSPS) is 10.3. The summed E-state index contributed by atoms with van der Waals surface area (Å²) in [4.78, 5) is 34.9. The van der Waals surface area contributed by atoms with E-state index < -0.39 is 25.1 Å². The maximum atomic E-state index is 12.1. The highest BCUT2D eigenvalue weighted by Gasteiger charge is 2.11. The van der Waals surface area contributed by atoms with Crippen molar-refractivity contribution in [3.63, 3.8) is 0 Å². The van der Waals surface area contributed by atoms with Crippen LogP contribution in [0.1, 0.15) is 22.8 Å². The van der Waals surface area contributed by atoms with Crippen molar-refractivity contribution in [3.8, 4) is 5.75 Å². The van der Waals surface area contributed by atoms with Gasteiger partial charge in [0.2, 0.25) is 5.91 Å². The van der Waals surface area contributed by atoms with Gasteiger partial charge in [-0.25, -0.2) is 4.79 Å². The minimum Gasteiger partial charge on any atom is -0.452 e. The third kappa shape index (κ3) is 7.96. The first-order valence-electron chi connectivity index (χ1n) is 8.68. The highest BCUT2D eigenvalue weighted by Crippen LogP contribution is 2.15. The van der Waals surface area contributed by atoms with E-state index in [9.17, 15) is 23.2 Å². The molecule has 2 amide bonds. The Hall–Kier alpha value is -3.49. The van der Waals surface area contributed by atoms with Crippen LogP contribution in [-0.2, 0) is 20.7 Å². The molecule has 0 aliphatic carbocycles. The molecule has 29 heavy (non-hydrogen) atoms. The van der Waals surface area contributed by atoms with Crippen LogP contribution in [0.3, 0.4) is 0 Å². The SMILES string of the molecule is CC(=O)Nc1cccc(C(=O)OCC(=O)NCCc2ccc(OC(F)F)cc2)c1. The highest BCUT2D eigenvalue weighted by molar-refractivity contribution is 5.94. The van der Waals surface area contributed by atoms with Crippen LogP contribution in [0.25, 0.3) is 0 Å². The monoisotopic (exact) mass is 406 g/mol. The molecule has 9 heteroatoms. The average molecular weight is 406 g/mol. The van der Waals surface area contributed by atoms with Crippen LogP contribution in [0.15, 0.2) is 48.5 Å². The van der Waals surface area contributed by atoms with Gasteiger partial charge in [0.25, 0.3) is 5.91 Å². The molecule has 0 aromatic heterocycles. The fraction of sp³-hybridized carbons (Fsp3) is 0.250. The van der Waals surface area contributed by atoms with E-state index in [1.54, 1.807) is 24.3 Å². The zero-order chi connectivity index (χ0) is 21.2. The molecule has 0 fully saturated rings. The lowest BCUT2D eigenvalue weighted by Crippen LogP contribution is -2.30. The van der Waals surface area contributed by atoms with Gasteiger partial charge in [-0.2, -0.15) is 8.78 Å². The van der Waals surface area contributed by atoms with E-state index >= 15 is 0 Å². The second-order valence-corrected chi connectivity index (χ2v) is 5.96. The van der Waals surface area contributed by atoms with Gasteiger partial charge in [-0.3, -0.25) is 9.59 Å². The summed E-state index contributed by atoms with van der Waals surface area (Å²) in [6, 6.07) is 12.2. The molecular formula is C20H20F2N2O5. The number of esters is 1. The third-order valence-corrected chi connectivity index (χ3v) is 3.64. The number of hydrogen-bond acceptors (Lipinski definition) is 5. The zero-order valence-electron chi connectivity index (χ0n) is 15.6. The number of carbonyl (C=O) groups excluding carboxylic acids is 3. The maximum absolute atomic E-state index is 12.1. The minimum atomic E-state index is -2.88. The summed E-state index contributed by atoms with van der Waals surface area (Å²) in [5, 5.41) is 5.15. The number of carbonyl (C=O) groups is 3. The van der Waals surface area contributed by atoms with E-state index in [2.05, 4.69) is 15.4 Å². The number of anilines is 1. The highest BCUT2D eigenvalue weighted by atomic mass is 19.3. The molecule has 0 heterocycles. The molecule has 7 nitrogen and oxygen atoms in total. The van der Waals surface area contributed by atoms with Gasteiger partial charge in [-0.05, 0) is 42.3 Å². The molecular weight excluding hydrogens is 386 g/mol. The van der Waals surface area contributed by atoms with Crippen LogP contribution >= 0.6 is 0 Å². The number of nitrogens with one attached hydrogen (secondary N) is 2. The maximum Gasteiger partial charge on any atom is 0.387 e. The molecule has 2 rings (SSSR count). The van der Waals surface area contributed by atoms with Crippen molar-refractivity contribution >= 4 is 23.5 Å². The summed E-state index contributed by atoms with van der Waals surface area (Å²) in [6.45, 7) is -1.70. The molecule has 2 aromatic rings. The van der Waals surface area contributed by atoms with Gasteiger partial charge in [0, 0.05) is 19.2 Å². The number of halogens is 2. The van der Waals surface area contributed by atoms with Gasteiger partial charge in [0.15, 0.2) is 6.61 Å². The Morgan fingerprint density at radius 1 is 1.07 bits per heavy atom. The van der Waals surface area contributed by atoms with Crippen LogP contribution in [0, 0.1) is 0 Å². The first kappa shape index (κ1) is 21.8. The number of hydrogen-bond donors (Lipinski definition) is 2. The van der Waals surface area contributed by atoms with Crippen molar-refractivity contribution in [1.29, 1.82) is 0 Å². The van der Waals surface area contributed by atoms with Crippen LogP contribution < -0.4 is 15.4 Å². The first-order chi connectivity index (χ1) is 13.8. The zero-order valence-corrected chi connectivity index (χ0v) is 15.6. The van der Waals surface area contributed by atoms with E-state index in [4.69, 9.17) is 4.74 Å². The summed E-state index contributed by atoms with van der Waals surface area (Å²) in [6.07, 6.45) is 0.466. The molecule has 0 aliphatic rings. The fourth-order valence-corrected chi connectivity index (χ4v) is 2.38. The van der Waals surface area contributed by atoms with Crippen LogP contribution in [0.5, 0.6) is 5.75 Å². The third-order valence-electron chi connectivity index (χ3n) is 3.64. The van der Waals surface area contributed by atoms with Crippen molar-refractivity contribution < 1.29 is 32.6 Å². The van der Waals surface area contributed by atoms with Gasteiger partial charge in [0.05, 0.1) is 5.56 Å². The summed E-state index contributed by atoms with van der Waals surface area (Å²) in [5.41, 5.74) is 1.47. The Balaban J connectivity index is 1.73. The molecule has 0 saturated heterocycles. The molecule has 0 radical (unpaired) electrons. The molecule has 0 atom stereocenters. The predicted octanol–water partition coefficient (Wildman–Crippen LogP) is 2.76. The van der Waals surface area contributed by atoms with E-state index in [1.807, 2.05) is 0 Å². The largest absolute Gasteiger partial charge is 0.452 e. The van der Waals surface area contributed by atoms with Crippen molar-refractivity contribution in [1.82, 2.24) is 5.32 Å². The lowest BCUT2D eigenvalue weighted by atomic mass is 10.1. The number of ether oxygens (including phenoxy) is 2. The first-order valence-corrected chi connectivity index (χ1v) is 8.68. The summed E-state index contributed by atoms with van der Waals surface area (Å²) < 4.78 is 33.4. The summed E-state index contributed by atoms with van der Waals surface area (Å²) in [7, 11) is 0. The van der Waals surface area contributed by atoms with E-state index in [0.29, 0.717) is 12.1 Å². The lowest BCUT2D eigenvalue weighted by Gasteiger charge is -2.08. The number of alkyl halides is 2. The standard InChI is InChI=1S/C20H20F2N2O5/c1-13(25)24-16-4-2-3-15(11-16)19(27)28-12-18(26)23-10-9-14-5-7-17(8-6-14)29-20(21)22/h2-8,11,20H,9-10,12H2,1H3,(H,23,26)(H,24,25). The second kappa shape index (κ2) is 10.7. The van der Waals surface area contributed by atoms with Crippen molar-refractivity contribution in [2.24, 2.45) is 0 Å². The van der Waals surface area contributed by atoms with Crippen molar-refractivity contribution in [2.75, 3.05) is 18.5 Å². The van der Waals surface area contributed by atoms with Crippen LogP contribution in [0.4, 0.5) is 14.5 Å².